The van der Waals surface area contributed by atoms with Crippen LogP contribution in [0.15, 0.2) is 59.1 Å². The highest BCUT2D eigenvalue weighted by Crippen LogP contribution is 2.28. The first-order valence-electron chi connectivity index (χ1n) is 8.96. The van der Waals surface area contributed by atoms with E-state index in [1.807, 2.05) is 0 Å². The van der Waals surface area contributed by atoms with Crippen molar-refractivity contribution < 1.29 is 18.1 Å². The standard InChI is InChI=1S/C22H17F2N3O2/c1-13-20-17(22(28)27(2)12-15-5-3-4-6-18(15)24)11-19(25-21(20)29-26-13)14-7-9-16(23)10-8-14/h3-11H,12H2,1-2H3. The number of fused-ring (bicyclic) bond motifs is 1. The van der Waals surface area contributed by atoms with Crippen LogP contribution in [0.25, 0.3) is 22.4 Å². The molecule has 0 saturated carbocycles. The van der Waals surface area contributed by atoms with Crippen LogP contribution in [0.3, 0.4) is 0 Å². The summed E-state index contributed by atoms with van der Waals surface area (Å²) in [6, 6.07) is 13.7. The summed E-state index contributed by atoms with van der Waals surface area (Å²) in [5.41, 5.74) is 2.58. The lowest BCUT2D eigenvalue weighted by Crippen LogP contribution is -2.27. The zero-order chi connectivity index (χ0) is 20.5. The molecule has 0 bridgehead atoms. The summed E-state index contributed by atoms with van der Waals surface area (Å²) in [4.78, 5) is 19.0. The molecule has 2 heterocycles. The summed E-state index contributed by atoms with van der Waals surface area (Å²) in [5, 5.41) is 4.42. The molecule has 0 saturated heterocycles. The van der Waals surface area contributed by atoms with Gasteiger partial charge in [0.05, 0.1) is 22.3 Å². The van der Waals surface area contributed by atoms with Crippen LogP contribution in [-0.2, 0) is 6.54 Å². The molecule has 5 nitrogen and oxygen atoms in total. The van der Waals surface area contributed by atoms with Gasteiger partial charge in [-0.15, -0.1) is 0 Å². The first-order chi connectivity index (χ1) is 13.9. The third kappa shape index (κ3) is 3.59. The van der Waals surface area contributed by atoms with Crippen molar-refractivity contribution in [3.63, 3.8) is 0 Å². The molecule has 0 aliphatic rings. The first kappa shape index (κ1) is 18.7. The van der Waals surface area contributed by atoms with Gasteiger partial charge in [-0.1, -0.05) is 23.4 Å². The SMILES string of the molecule is Cc1noc2nc(-c3ccc(F)cc3)cc(C(=O)N(C)Cc3ccccc3F)c12. The molecule has 0 radical (unpaired) electrons. The molecule has 0 aliphatic heterocycles. The van der Waals surface area contributed by atoms with Crippen LogP contribution >= 0.6 is 0 Å². The Hall–Kier alpha value is -3.61. The lowest BCUT2D eigenvalue weighted by molar-refractivity contribution is 0.0785. The number of carbonyl (C=O) groups is 1. The van der Waals surface area contributed by atoms with Gasteiger partial charge in [0.1, 0.15) is 11.6 Å². The highest BCUT2D eigenvalue weighted by molar-refractivity contribution is 6.06. The molecule has 0 atom stereocenters. The minimum absolute atomic E-state index is 0.103. The van der Waals surface area contributed by atoms with E-state index in [2.05, 4.69) is 10.1 Å². The minimum atomic E-state index is -0.375. The average molecular weight is 393 g/mol. The summed E-state index contributed by atoms with van der Waals surface area (Å²) < 4.78 is 32.5. The molecule has 0 N–H and O–H groups in total. The van der Waals surface area contributed by atoms with E-state index in [1.54, 1.807) is 50.4 Å². The predicted octanol–water partition coefficient (Wildman–Crippen LogP) is 4.75. The summed E-state index contributed by atoms with van der Waals surface area (Å²) >= 11 is 0. The molecular formula is C22H17F2N3O2. The summed E-state index contributed by atoms with van der Waals surface area (Å²) in [5.74, 6) is -1.07. The highest BCUT2D eigenvalue weighted by atomic mass is 19.1. The number of halogens is 2. The second kappa shape index (κ2) is 7.43. The van der Waals surface area contributed by atoms with Gasteiger partial charge in [-0.25, -0.2) is 13.8 Å². The number of hydrogen-bond donors (Lipinski definition) is 0. The first-order valence-corrected chi connectivity index (χ1v) is 8.96. The molecule has 0 unspecified atom stereocenters. The molecule has 4 aromatic rings. The van der Waals surface area contributed by atoms with E-state index in [0.717, 1.165) is 0 Å². The van der Waals surface area contributed by atoms with Crippen LogP contribution < -0.4 is 0 Å². The summed E-state index contributed by atoms with van der Waals surface area (Å²) in [6.45, 7) is 1.82. The fourth-order valence-electron chi connectivity index (χ4n) is 3.19. The quantitative estimate of drug-likeness (QED) is 0.502. The van der Waals surface area contributed by atoms with Gasteiger partial charge in [0.25, 0.3) is 11.6 Å². The fourth-order valence-corrected chi connectivity index (χ4v) is 3.19. The third-order valence-electron chi connectivity index (χ3n) is 4.70. The Kier molecular flexibility index (Phi) is 4.80. The van der Waals surface area contributed by atoms with Crippen LogP contribution in [-0.4, -0.2) is 28.0 Å². The molecule has 146 valence electrons. The van der Waals surface area contributed by atoms with E-state index < -0.39 is 0 Å². The highest BCUT2D eigenvalue weighted by Gasteiger charge is 2.22. The maximum Gasteiger partial charge on any atom is 0.259 e. The number of hydrogen-bond acceptors (Lipinski definition) is 4. The molecule has 4 rings (SSSR count). The smallest absolute Gasteiger partial charge is 0.259 e. The third-order valence-corrected chi connectivity index (χ3v) is 4.70. The molecular weight excluding hydrogens is 376 g/mol. The Morgan fingerprint density at radius 2 is 1.83 bits per heavy atom. The van der Waals surface area contributed by atoms with E-state index in [4.69, 9.17) is 4.52 Å². The van der Waals surface area contributed by atoms with Gasteiger partial charge < -0.3 is 9.42 Å². The second-order valence-corrected chi connectivity index (χ2v) is 6.76. The van der Waals surface area contributed by atoms with Gasteiger partial charge in [0.15, 0.2) is 0 Å². The summed E-state index contributed by atoms with van der Waals surface area (Å²) in [6.07, 6.45) is 0. The largest absolute Gasteiger partial charge is 0.337 e. The van der Waals surface area contributed by atoms with Crippen molar-refractivity contribution in [3.05, 3.63) is 83.1 Å². The molecule has 0 spiro atoms. The Morgan fingerprint density at radius 1 is 1.10 bits per heavy atom. The number of pyridine rings is 1. The van der Waals surface area contributed by atoms with Gasteiger partial charge in [-0.05, 0) is 43.3 Å². The summed E-state index contributed by atoms with van der Waals surface area (Å²) in [7, 11) is 1.60. The van der Waals surface area contributed by atoms with Crippen molar-refractivity contribution in [2.24, 2.45) is 0 Å². The van der Waals surface area contributed by atoms with Crippen molar-refractivity contribution in [3.8, 4) is 11.3 Å². The number of rotatable bonds is 4. The number of aromatic nitrogens is 2. The maximum atomic E-state index is 14.0. The van der Waals surface area contributed by atoms with Gasteiger partial charge >= 0.3 is 0 Å². The predicted molar refractivity (Wildman–Crippen MR) is 104 cm³/mol. The Balaban J connectivity index is 1.77. The van der Waals surface area contributed by atoms with Crippen LogP contribution in [0, 0.1) is 18.6 Å². The minimum Gasteiger partial charge on any atom is -0.337 e. The molecule has 1 amide bonds. The zero-order valence-corrected chi connectivity index (χ0v) is 15.8. The molecule has 29 heavy (non-hydrogen) atoms. The van der Waals surface area contributed by atoms with Crippen LogP contribution in [0.1, 0.15) is 21.6 Å². The Morgan fingerprint density at radius 3 is 2.55 bits per heavy atom. The van der Waals surface area contributed by atoms with Crippen LogP contribution in [0.5, 0.6) is 0 Å². The maximum absolute atomic E-state index is 14.0. The molecule has 2 aromatic heterocycles. The molecule has 0 aliphatic carbocycles. The van der Waals surface area contributed by atoms with E-state index >= 15 is 0 Å². The van der Waals surface area contributed by atoms with Gasteiger partial charge in [-0.3, -0.25) is 4.79 Å². The van der Waals surface area contributed by atoms with E-state index in [9.17, 15) is 13.6 Å². The van der Waals surface area contributed by atoms with E-state index in [-0.39, 0.29) is 29.8 Å². The fraction of sp³-hybridized carbons (Fsp3) is 0.136. The van der Waals surface area contributed by atoms with E-state index in [1.165, 1.54) is 23.1 Å². The number of nitrogens with zero attached hydrogens (tertiary/aromatic N) is 3. The zero-order valence-electron chi connectivity index (χ0n) is 15.8. The van der Waals surface area contributed by atoms with Crippen molar-refractivity contribution >= 4 is 17.0 Å². The van der Waals surface area contributed by atoms with Crippen molar-refractivity contribution in [2.75, 3.05) is 7.05 Å². The van der Waals surface area contributed by atoms with Gasteiger partial charge in [0.2, 0.25) is 0 Å². The van der Waals surface area contributed by atoms with Crippen molar-refractivity contribution in [2.45, 2.75) is 13.5 Å². The average Bonchev–Trinajstić information content (AvgIpc) is 3.10. The molecule has 2 aromatic carbocycles. The number of amides is 1. The molecule has 0 fully saturated rings. The normalized spacial score (nSPS) is 11.0. The second-order valence-electron chi connectivity index (χ2n) is 6.76. The van der Waals surface area contributed by atoms with Crippen molar-refractivity contribution in [1.29, 1.82) is 0 Å². The van der Waals surface area contributed by atoms with Gasteiger partial charge in [-0.2, -0.15) is 0 Å². The van der Waals surface area contributed by atoms with Gasteiger partial charge in [0, 0.05) is 24.7 Å². The monoisotopic (exact) mass is 393 g/mol. The van der Waals surface area contributed by atoms with Crippen LogP contribution in [0.4, 0.5) is 8.78 Å². The Labute approximate surface area is 165 Å². The number of aryl methyl sites for hydroxylation is 1. The topological polar surface area (TPSA) is 59.2 Å². The van der Waals surface area contributed by atoms with Crippen molar-refractivity contribution in [1.82, 2.24) is 15.0 Å². The van der Waals surface area contributed by atoms with E-state index in [0.29, 0.717) is 33.5 Å². The Bertz CT molecular complexity index is 1200. The number of benzene rings is 2. The lowest BCUT2D eigenvalue weighted by Gasteiger charge is -2.18. The number of carbonyl (C=O) groups excluding carboxylic acids is 1. The lowest BCUT2D eigenvalue weighted by atomic mass is 10.0. The molecule has 7 heteroatoms. The van der Waals surface area contributed by atoms with Crippen LogP contribution in [0.2, 0.25) is 0 Å².